The minimum absolute atomic E-state index is 0.268. The molecule has 1 aromatic carbocycles. The van der Waals surface area contributed by atoms with Crippen LogP contribution in [0.1, 0.15) is 43.2 Å². The van der Waals surface area contributed by atoms with Crippen molar-refractivity contribution in [2.75, 3.05) is 26.2 Å². The van der Waals surface area contributed by atoms with Crippen molar-refractivity contribution in [3.8, 4) is 5.75 Å². The number of amides is 1. The molecule has 1 saturated carbocycles. The molecule has 0 spiro atoms. The van der Waals surface area contributed by atoms with Crippen LogP contribution in [-0.2, 0) is 17.9 Å². The van der Waals surface area contributed by atoms with Crippen LogP contribution in [0, 0.1) is 5.92 Å². The number of hydrogen-bond donors (Lipinski definition) is 0. The molecule has 0 bridgehead atoms. The molecule has 3 aliphatic rings. The van der Waals surface area contributed by atoms with Crippen molar-refractivity contribution in [2.24, 2.45) is 5.92 Å². The molecular weight excluding hydrogens is 288 g/mol. The number of fused-ring (bicyclic) bond motifs is 1. The fourth-order valence-electron chi connectivity index (χ4n) is 3.85. The van der Waals surface area contributed by atoms with E-state index in [9.17, 15) is 4.79 Å². The Morgan fingerprint density at radius 1 is 1.13 bits per heavy atom. The third kappa shape index (κ3) is 3.23. The Hall–Kier alpha value is -1.55. The van der Waals surface area contributed by atoms with Crippen molar-refractivity contribution in [2.45, 2.75) is 45.2 Å². The molecule has 2 fully saturated rings. The molecule has 1 saturated heterocycles. The normalized spacial score (nSPS) is 22.2. The fraction of sp³-hybridized carbons (Fsp3) is 0.632. The first-order chi connectivity index (χ1) is 11.3. The molecule has 4 heteroatoms. The standard InChI is InChI=1S/C19H26N2O2/c22-19(16-4-3-5-16)21-10-11-23-18-7-6-15(12-17(18)14-21)13-20-8-1-2-9-20/h6-7,12,16H,1-5,8-11,13-14H2. The van der Waals surface area contributed by atoms with Gasteiger partial charge in [-0.25, -0.2) is 0 Å². The molecule has 0 N–H and O–H groups in total. The van der Waals surface area contributed by atoms with Crippen molar-refractivity contribution in [1.29, 1.82) is 0 Å². The van der Waals surface area contributed by atoms with Crippen LogP contribution in [-0.4, -0.2) is 41.9 Å². The first-order valence-electron chi connectivity index (χ1n) is 9.05. The Balaban J connectivity index is 1.49. The molecule has 1 amide bonds. The van der Waals surface area contributed by atoms with E-state index in [0.717, 1.165) is 25.1 Å². The molecule has 1 aromatic rings. The Morgan fingerprint density at radius 2 is 1.96 bits per heavy atom. The highest BCUT2D eigenvalue weighted by Crippen LogP contribution is 2.31. The summed E-state index contributed by atoms with van der Waals surface area (Å²) in [6, 6.07) is 6.53. The van der Waals surface area contributed by atoms with Crippen LogP contribution in [0.25, 0.3) is 0 Å². The Kier molecular flexibility index (Phi) is 4.25. The van der Waals surface area contributed by atoms with Crippen LogP contribution in [0.4, 0.5) is 0 Å². The maximum Gasteiger partial charge on any atom is 0.226 e. The van der Waals surface area contributed by atoms with Gasteiger partial charge in [0.05, 0.1) is 6.54 Å². The van der Waals surface area contributed by atoms with Crippen LogP contribution < -0.4 is 4.74 Å². The summed E-state index contributed by atoms with van der Waals surface area (Å²) >= 11 is 0. The first kappa shape index (κ1) is 15.0. The van der Waals surface area contributed by atoms with Gasteiger partial charge in [0.15, 0.2) is 0 Å². The van der Waals surface area contributed by atoms with Crippen LogP contribution in [0.2, 0.25) is 0 Å². The highest BCUT2D eigenvalue weighted by molar-refractivity contribution is 5.79. The van der Waals surface area contributed by atoms with Gasteiger partial charge in [-0.1, -0.05) is 12.5 Å². The number of benzene rings is 1. The molecule has 1 aliphatic carbocycles. The molecule has 0 atom stereocenters. The molecule has 0 aromatic heterocycles. The Morgan fingerprint density at radius 3 is 2.70 bits per heavy atom. The largest absolute Gasteiger partial charge is 0.491 e. The van der Waals surface area contributed by atoms with Gasteiger partial charge < -0.3 is 9.64 Å². The van der Waals surface area contributed by atoms with Crippen LogP contribution in [0.5, 0.6) is 5.75 Å². The van der Waals surface area contributed by atoms with E-state index in [1.807, 2.05) is 4.90 Å². The predicted octanol–water partition coefficient (Wildman–Crippen LogP) is 2.80. The number of likely N-dealkylation sites (tertiary alicyclic amines) is 1. The maximum absolute atomic E-state index is 12.6. The van der Waals surface area contributed by atoms with E-state index < -0.39 is 0 Å². The van der Waals surface area contributed by atoms with E-state index in [4.69, 9.17) is 4.74 Å². The van der Waals surface area contributed by atoms with Crippen molar-refractivity contribution in [3.05, 3.63) is 29.3 Å². The molecule has 2 heterocycles. The third-order valence-electron chi connectivity index (χ3n) is 5.48. The second kappa shape index (κ2) is 6.52. The lowest BCUT2D eigenvalue weighted by Crippen LogP contribution is -2.39. The van der Waals surface area contributed by atoms with Gasteiger partial charge in [-0.15, -0.1) is 0 Å². The molecule has 0 unspecified atom stereocenters. The second-order valence-corrected chi connectivity index (χ2v) is 7.16. The smallest absolute Gasteiger partial charge is 0.226 e. The zero-order valence-corrected chi connectivity index (χ0v) is 13.8. The Bertz CT molecular complexity index is 577. The molecule has 2 aliphatic heterocycles. The van der Waals surface area contributed by atoms with Crippen LogP contribution >= 0.6 is 0 Å². The SMILES string of the molecule is O=C(C1CCC1)N1CCOc2ccc(CN3CCCC3)cc2C1. The summed E-state index contributed by atoms with van der Waals surface area (Å²) in [6.45, 7) is 5.46. The predicted molar refractivity (Wildman–Crippen MR) is 89.2 cm³/mol. The van der Waals surface area contributed by atoms with Gasteiger partial charge in [0.1, 0.15) is 12.4 Å². The first-order valence-corrected chi connectivity index (χ1v) is 9.05. The van der Waals surface area contributed by atoms with E-state index in [1.54, 1.807) is 0 Å². The maximum atomic E-state index is 12.6. The molecular formula is C19H26N2O2. The molecule has 4 rings (SSSR count). The Labute approximate surface area is 138 Å². The van der Waals surface area contributed by atoms with Crippen molar-refractivity contribution >= 4 is 5.91 Å². The average Bonchev–Trinajstić information content (AvgIpc) is 2.90. The summed E-state index contributed by atoms with van der Waals surface area (Å²) in [5.41, 5.74) is 2.51. The summed E-state index contributed by atoms with van der Waals surface area (Å²) in [5.74, 6) is 1.56. The minimum Gasteiger partial charge on any atom is -0.491 e. The number of ether oxygens (including phenoxy) is 1. The summed E-state index contributed by atoms with van der Waals surface area (Å²) in [5, 5.41) is 0. The van der Waals surface area contributed by atoms with Gasteiger partial charge in [-0.3, -0.25) is 9.69 Å². The third-order valence-corrected chi connectivity index (χ3v) is 5.48. The number of carbonyl (C=O) groups excluding carboxylic acids is 1. The van der Waals surface area contributed by atoms with Crippen molar-refractivity contribution in [1.82, 2.24) is 9.80 Å². The minimum atomic E-state index is 0.268. The summed E-state index contributed by atoms with van der Waals surface area (Å²) in [4.78, 5) is 17.1. The lowest BCUT2D eigenvalue weighted by molar-refractivity contribution is -0.138. The molecule has 4 nitrogen and oxygen atoms in total. The van der Waals surface area contributed by atoms with Crippen molar-refractivity contribution < 1.29 is 9.53 Å². The average molecular weight is 314 g/mol. The highest BCUT2D eigenvalue weighted by atomic mass is 16.5. The zero-order valence-electron chi connectivity index (χ0n) is 13.8. The van der Waals surface area contributed by atoms with Crippen LogP contribution in [0.3, 0.4) is 0 Å². The van der Waals surface area contributed by atoms with Gasteiger partial charge in [-0.2, -0.15) is 0 Å². The second-order valence-electron chi connectivity index (χ2n) is 7.16. The summed E-state index contributed by atoms with van der Waals surface area (Å²) < 4.78 is 5.88. The van der Waals surface area contributed by atoms with Gasteiger partial charge in [0.25, 0.3) is 0 Å². The van der Waals surface area contributed by atoms with Crippen LogP contribution in [0.15, 0.2) is 18.2 Å². The zero-order chi connectivity index (χ0) is 15.6. The molecule has 0 radical (unpaired) electrons. The number of nitrogens with zero attached hydrogens (tertiary/aromatic N) is 2. The quantitative estimate of drug-likeness (QED) is 0.860. The monoisotopic (exact) mass is 314 g/mol. The lowest BCUT2D eigenvalue weighted by Gasteiger charge is -2.30. The van der Waals surface area contributed by atoms with Gasteiger partial charge in [0, 0.05) is 24.6 Å². The van der Waals surface area contributed by atoms with Gasteiger partial charge >= 0.3 is 0 Å². The lowest BCUT2D eigenvalue weighted by atomic mass is 9.84. The highest BCUT2D eigenvalue weighted by Gasteiger charge is 2.30. The number of hydrogen-bond acceptors (Lipinski definition) is 3. The van der Waals surface area contributed by atoms with Gasteiger partial charge in [0.2, 0.25) is 5.91 Å². The summed E-state index contributed by atoms with van der Waals surface area (Å²) in [7, 11) is 0. The van der Waals surface area contributed by atoms with Gasteiger partial charge in [-0.05, 0) is 56.5 Å². The van der Waals surface area contributed by atoms with E-state index in [0.29, 0.717) is 25.6 Å². The van der Waals surface area contributed by atoms with E-state index in [-0.39, 0.29) is 5.92 Å². The number of carbonyl (C=O) groups is 1. The molecule has 23 heavy (non-hydrogen) atoms. The summed E-state index contributed by atoms with van der Waals surface area (Å²) in [6.07, 6.45) is 5.98. The number of rotatable bonds is 3. The topological polar surface area (TPSA) is 32.8 Å². The molecule has 124 valence electrons. The van der Waals surface area contributed by atoms with Crippen molar-refractivity contribution in [3.63, 3.8) is 0 Å². The fourth-order valence-corrected chi connectivity index (χ4v) is 3.85. The van der Waals surface area contributed by atoms with E-state index >= 15 is 0 Å². The van der Waals surface area contributed by atoms with E-state index in [2.05, 4.69) is 23.1 Å². The van der Waals surface area contributed by atoms with E-state index in [1.165, 1.54) is 43.5 Å².